The van der Waals surface area contributed by atoms with E-state index in [9.17, 15) is 17.6 Å². The van der Waals surface area contributed by atoms with Crippen LogP contribution in [0.15, 0.2) is 47.4 Å². The average molecular weight is 463 g/mol. The summed E-state index contributed by atoms with van der Waals surface area (Å²) >= 11 is 0. The second-order valence-corrected chi connectivity index (χ2v) is 10.1. The molecule has 0 saturated carbocycles. The van der Waals surface area contributed by atoms with E-state index in [0.29, 0.717) is 31.7 Å². The minimum atomic E-state index is -3.86. The number of hydrogen-bond donors (Lipinski definition) is 0. The molecule has 2 aliphatic rings. The van der Waals surface area contributed by atoms with Gasteiger partial charge >= 0.3 is 0 Å². The lowest BCUT2D eigenvalue weighted by Gasteiger charge is -2.42. The van der Waals surface area contributed by atoms with Gasteiger partial charge in [-0.15, -0.1) is 0 Å². The minimum absolute atomic E-state index is 0.0476. The predicted molar refractivity (Wildman–Crippen MR) is 116 cm³/mol. The highest BCUT2D eigenvalue weighted by atomic mass is 32.2. The number of ether oxygens (including phenoxy) is 2. The first-order valence-corrected chi connectivity index (χ1v) is 12.1. The van der Waals surface area contributed by atoms with Gasteiger partial charge in [-0.1, -0.05) is 18.2 Å². The molecule has 7 nitrogen and oxygen atoms in total. The van der Waals surface area contributed by atoms with Crippen LogP contribution in [0.3, 0.4) is 0 Å². The van der Waals surface area contributed by atoms with Crippen molar-refractivity contribution < 1.29 is 27.1 Å². The zero-order chi connectivity index (χ0) is 22.9. The van der Waals surface area contributed by atoms with Gasteiger partial charge in [0.15, 0.2) is 6.61 Å². The molecule has 1 amide bonds. The minimum Gasteiger partial charge on any atom is -0.484 e. The van der Waals surface area contributed by atoms with Crippen molar-refractivity contribution in [3.63, 3.8) is 0 Å². The standard InChI is InChI=1S/C23H27FN2O5S/c1-17-5-3-4-6-21(17)30-16-22(27)25-11-9-23(10-12-25)26(13-14-31-23)32(28,29)19-7-8-20(24)18(2)15-19/h3-8,15H,9-14,16H2,1-2H3. The molecule has 4 rings (SSSR count). The molecule has 9 heteroatoms. The molecule has 32 heavy (non-hydrogen) atoms. The number of piperidine rings is 1. The van der Waals surface area contributed by atoms with Crippen molar-refractivity contribution >= 4 is 15.9 Å². The molecule has 1 spiro atoms. The Labute approximate surface area is 187 Å². The van der Waals surface area contributed by atoms with E-state index in [0.717, 1.165) is 5.56 Å². The number of sulfonamides is 1. The van der Waals surface area contributed by atoms with E-state index < -0.39 is 21.6 Å². The molecule has 0 N–H and O–H groups in total. The number of nitrogens with zero attached hydrogens (tertiary/aromatic N) is 2. The number of halogens is 1. The van der Waals surface area contributed by atoms with Crippen LogP contribution in [0.1, 0.15) is 24.0 Å². The first kappa shape index (κ1) is 22.7. The van der Waals surface area contributed by atoms with Crippen molar-refractivity contribution in [2.45, 2.75) is 37.3 Å². The number of carbonyl (C=O) groups excluding carboxylic acids is 1. The first-order valence-electron chi connectivity index (χ1n) is 10.6. The fraction of sp³-hybridized carbons (Fsp3) is 0.435. The molecule has 2 aromatic rings. The number of hydrogen-bond acceptors (Lipinski definition) is 5. The molecule has 0 unspecified atom stereocenters. The van der Waals surface area contributed by atoms with Gasteiger partial charge in [0.2, 0.25) is 10.0 Å². The van der Waals surface area contributed by atoms with E-state index in [4.69, 9.17) is 9.47 Å². The topological polar surface area (TPSA) is 76.2 Å². The Kier molecular flexibility index (Phi) is 6.24. The van der Waals surface area contributed by atoms with Crippen molar-refractivity contribution in [1.29, 1.82) is 0 Å². The number of carbonyl (C=O) groups is 1. The summed E-state index contributed by atoms with van der Waals surface area (Å²) in [6.07, 6.45) is 0.727. The maximum atomic E-state index is 13.6. The largest absolute Gasteiger partial charge is 0.484 e. The molecular weight excluding hydrogens is 435 g/mol. The van der Waals surface area contributed by atoms with Crippen LogP contribution in [-0.4, -0.2) is 62.1 Å². The Bertz CT molecular complexity index is 1110. The van der Waals surface area contributed by atoms with Gasteiger partial charge in [-0.3, -0.25) is 4.79 Å². The highest BCUT2D eigenvalue weighted by Crippen LogP contribution is 2.38. The second-order valence-electron chi connectivity index (χ2n) is 8.22. The molecule has 2 aliphatic heterocycles. The molecule has 0 radical (unpaired) electrons. The Morgan fingerprint density at radius 3 is 2.50 bits per heavy atom. The van der Waals surface area contributed by atoms with Crippen molar-refractivity contribution in [3.8, 4) is 5.75 Å². The zero-order valence-corrected chi connectivity index (χ0v) is 19.0. The smallest absolute Gasteiger partial charge is 0.260 e. The van der Waals surface area contributed by atoms with Crippen LogP contribution in [0.5, 0.6) is 5.75 Å². The van der Waals surface area contributed by atoms with Gasteiger partial charge in [0.05, 0.1) is 11.5 Å². The van der Waals surface area contributed by atoms with Crippen molar-refractivity contribution in [3.05, 3.63) is 59.4 Å². The van der Waals surface area contributed by atoms with Gasteiger partial charge in [-0.05, 0) is 49.2 Å². The number of amides is 1. The van der Waals surface area contributed by atoms with E-state index in [1.807, 2.05) is 31.2 Å². The SMILES string of the molecule is Cc1cc(S(=O)(=O)N2CCOC23CCN(C(=O)COc2ccccc2C)CC3)ccc1F. The average Bonchev–Trinajstić information content (AvgIpc) is 3.19. The molecule has 2 fully saturated rings. The van der Waals surface area contributed by atoms with Crippen molar-refractivity contribution in [2.75, 3.05) is 32.8 Å². The maximum absolute atomic E-state index is 13.6. The molecule has 0 bridgehead atoms. The number of aryl methyl sites for hydroxylation is 2. The summed E-state index contributed by atoms with van der Waals surface area (Å²) in [5, 5.41) is 0. The van der Waals surface area contributed by atoms with Crippen LogP contribution < -0.4 is 4.74 Å². The highest BCUT2D eigenvalue weighted by molar-refractivity contribution is 7.89. The molecule has 0 aliphatic carbocycles. The van der Waals surface area contributed by atoms with Gasteiger partial charge in [0.1, 0.15) is 17.3 Å². The van der Waals surface area contributed by atoms with E-state index in [2.05, 4.69) is 0 Å². The number of rotatable bonds is 5. The Hall–Kier alpha value is -2.49. The third-order valence-corrected chi connectivity index (χ3v) is 8.12. The summed E-state index contributed by atoms with van der Waals surface area (Å²) in [6, 6.07) is 11.3. The van der Waals surface area contributed by atoms with Crippen LogP contribution in [0.4, 0.5) is 4.39 Å². The highest BCUT2D eigenvalue weighted by Gasteiger charge is 2.51. The van der Waals surface area contributed by atoms with Crippen molar-refractivity contribution in [2.24, 2.45) is 0 Å². The third kappa shape index (κ3) is 4.24. The normalized spacial score (nSPS) is 18.8. The third-order valence-electron chi connectivity index (χ3n) is 6.18. The molecule has 2 heterocycles. The Balaban J connectivity index is 1.43. The van der Waals surface area contributed by atoms with Gasteiger partial charge in [-0.2, -0.15) is 4.31 Å². The molecule has 2 saturated heterocycles. The number of likely N-dealkylation sites (tertiary alicyclic amines) is 1. The Morgan fingerprint density at radius 1 is 1.09 bits per heavy atom. The summed E-state index contributed by atoms with van der Waals surface area (Å²) in [5.41, 5.74) is 0.234. The van der Waals surface area contributed by atoms with Crippen LogP contribution in [0, 0.1) is 19.7 Å². The summed E-state index contributed by atoms with van der Waals surface area (Å²) in [4.78, 5) is 14.4. The lowest BCUT2D eigenvalue weighted by molar-refractivity contribution is -0.142. The van der Waals surface area contributed by atoms with Crippen LogP contribution in [0.2, 0.25) is 0 Å². The predicted octanol–water partition coefficient (Wildman–Crippen LogP) is 2.86. The van der Waals surface area contributed by atoms with Gasteiger partial charge in [0, 0.05) is 32.5 Å². The van der Waals surface area contributed by atoms with Crippen molar-refractivity contribution in [1.82, 2.24) is 9.21 Å². The summed E-state index contributed by atoms with van der Waals surface area (Å²) in [5.74, 6) is 0.0704. The van der Waals surface area contributed by atoms with E-state index >= 15 is 0 Å². The maximum Gasteiger partial charge on any atom is 0.260 e. The molecule has 0 aromatic heterocycles. The number of para-hydroxylation sites is 1. The van der Waals surface area contributed by atoms with Crippen LogP contribution in [0.25, 0.3) is 0 Å². The van der Waals surface area contributed by atoms with Crippen LogP contribution >= 0.6 is 0 Å². The summed E-state index contributed by atoms with van der Waals surface area (Å²) < 4.78 is 53.2. The molecule has 2 aromatic carbocycles. The fourth-order valence-corrected chi connectivity index (χ4v) is 6.10. The molecule has 0 atom stereocenters. The summed E-state index contributed by atoms with van der Waals surface area (Å²) in [7, 11) is -3.86. The lowest BCUT2D eigenvalue weighted by Crippen LogP contribution is -2.56. The van der Waals surface area contributed by atoms with Gasteiger partial charge in [0.25, 0.3) is 5.91 Å². The zero-order valence-electron chi connectivity index (χ0n) is 18.2. The van der Waals surface area contributed by atoms with Crippen LogP contribution in [-0.2, 0) is 19.6 Å². The van der Waals surface area contributed by atoms with Gasteiger partial charge in [-0.25, -0.2) is 12.8 Å². The monoisotopic (exact) mass is 462 g/mol. The lowest BCUT2D eigenvalue weighted by atomic mass is 10.0. The second kappa shape index (κ2) is 8.80. The first-order chi connectivity index (χ1) is 15.2. The van der Waals surface area contributed by atoms with Gasteiger partial charge < -0.3 is 14.4 Å². The van der Waals surface area contributed by atoms with E-state index in [1.165, 1.54) is 29.4 Å². The molecule has 172 valence electrons. The fourth-order valence-electron chi connectivity index (χ4n) is 4.29. The van der Waals surface area contributed by atoms with E-state index in [-0.39, 0.29) is 36.1 Å². The molecular formula is C23H27FN2O5S. The number of benzene rings is 2. The Morgan fingerprint density at radius 2 is 1.81 bits per heavy atom. The quantitative estimate of drug-likeness (QED) is 0.683. The summed E-state index contributed by atoms with van der Waals surface area (Å²) in [6.45, 7) is 4.62. The van der Waals surface area contributed by atoms with E-state index in [1.54, 1.807) is 4.90 Å².